The normalized spacial score (nSPS) is 45.2. The Morgan fingerprint density at radius 1 is 0.429 bits per heavy atom. The van der Waals surface area contributed by atoms with Crippen LogP contribution in [0, 0.1) is 0 Å². The van der Waals surface area contributed by atoms with Crippen molar-refractivity contribution in [2.75, 3.05) is 33.0 Å². The maximum absolute atomic E-state index is 12.7. The van der Waals surface area contributed by atoms with Gasteiger partial charge in [-0.05, 0) is 0 Å². The molecule has 0 radical (unpaired) electrons. The Bertz CT molecular complexity index is 1800. The molecular weight excluding hydrogens is 1010 g/mol. The maximum Gasteiger partial charge on any atom is 0.469 e. The van der Waals surface area contributed by atoms with E-state index in [4.69, 9.17) is 42.6 Å². The zero-order chi connectivity index (χ0) is 52.3. The van der Waals surface area contributed by atoms with Gasteiger partial charge in [0.15, 0.2) is 31.5 Å². The van der Waals surface area contributed by atoms with E-state index in [1.54, 1.807) is 0 Å². The first kappa shape index (κ1) is 59.2. The Morgan fingerprint density at radius 3 is 1.40 bits per heavy atom. The highest BCUT2D eigenvalue weighted by Crippen LogP contribution is 2.41. The SMILES string of the molecule is CC(=O)N[C@H]1[C@H](O[C@@H]2[C@H](O)[C@H](O[C@H]3[C@H](O)[C@@H](O)[C@H](O)O[C@@H]3CO)O[C@H](COP(=O)(O)O)[C@H]2O)O[C@H](COP(=O)(O)O)[C@@H](O[C@@H]2O[C@H](CO)[C@H](O)[C@H](O[C@H]3O[C@H](CO)[C@H](O)[C@H](O)[C@H]3O)[C@H]2NC(C)=O)[C@@H]1O. The lowest BCUT2D eigenvalue weighted by atomic mass is 9.93. The first-order chi connectivity index (χ1) is 32.6. The van der Waals surface area contributed by atoms with Crippen molar-refractivity contribution >= 4 is 27.5 Å². The van der Waals surface area contributed by atoms with E-state index in [2.05, 4.69) is 19.7 Å². The summed E-state index contributed by atoms with van der Waals surface area (Å²) in [4.78, 5) is 63.5. The first-order valence-electron chi connectivity index (χ1n) is 21.1. The van der Waals surface area contributed by atoms with E-state index in [1.165, 1.54) is 0 Å². The second-order valence-electron chi connectivity index (χ2n) is 16.6. The van der Waals surface area contributed by atoms with Crippen LogP contribution in [0.1, 0.15) is 13.8 Å². The molecule has 0 spiro atoms. The van der Waals surface area contributed by atoms with E-state index in [0.717, 1.165) is 13.8 Å². The Balaban J connectivity index is 1.50. The summed E-state index contributed by atoms with van der Waals surface area (Å²) in [6.45, 7) is -3.62. The first-order valence-corrected chi connectivity index (χ1v) is 24.1. The minimum atomic E-state index is -5.49. The van der Waals surface area contributed by atoms with Gasteiger partial charge in [-0.3, -0.25) is 18.6 Å². The molecule has 34 nitrogen and oxygen atoms in total. The lowest BCUT2D eigenvalue weighted by Crippen LogP contribution is -2.71. The average molecular weight is 1070 g/mol. The molecule has 5 fully saturated rings. The number of carbonyl (C=O) groups is 2. The number of aliphatic hydroxyl groups is 13. The summed E-state index contributed by atoms with van der Waals surface area (Å²) in [7, 11) is -10.8. The monoisotopic (exact) mass is 1070 g/mol. The molecule has 0 aromatic carbocycles. The Hall–Kier alpha value is -1.72. The standard InChI is InChI=1S/C34H60N2O32P2/c1-8(40)35-15-20(45)27(65-32-16(36-9(2)41)28(18(43)11(4-38)61-32)67-33-24(49)21(46)17(42)10(3-37)62-33)14(7-59-70(55,56)57)64-31(15)68-29-19(44)13(6-58-69(52,53)54)63-34(25(29)50)66-26-12(5-39)60-30(51)23(48)22(26)47/h10-34,37-39,42-51H,3-7H2,1-2H3,(H,35,40)(H,36,41)(H2,52,53,54)(H2,55,56,57)/t10-,11-,12-,13-,14-,15-,16-,17+,18+,19-,20-,21+,22-,23-,24-,25+,26-,27-,28-,29+,30-,31+,32+,33-,34+/m1/s1. The van der Waals surface area contributed by atoms with Crippen molar-refractivity contribution in [2.45, 2.75) is 167 Å². The van der Waals surface area contributed by atoms with Gasteiger partial charge >= 0.3 is 15.6 Å². The third-order valence-corrected chi connectivity index (χ3v) is 12.5. The fourth-order valence-corrected chi connectivity index (χ4v) is 8.83. The molecule has 5 rings (SSSR count). The Kier molecular flexibility index (Phi) is 20.9. The van der Waals surface area contributed by atoms with Crippen LogP contribution in [0.2, 0.25) is 0 Å². The minimum absolute atomic E-state index is 0.905. The molecular formula is C34H60N2O32P2. The molecule has 0 bridgehead atoms. The van der Waals surface area contributed by atoms with Gasteiger partial charge in [-0.15, -0.1) is 0 Å². The fraction of sp³-hybridized carbons (Fsp3) is 0.941. The van der Waals surface area contributed by atoms with Crippen LogP contribution in [0.4, 0.5) is 0 Å². The van der Waals surface area contributed by atoms with Crippen LogP contribution in [-0.4, -0.2) is 284 Å². The largest absolute Gasteiger partial charge is 0.469 e. The molecule has 36 heteroatoms. The van der Waals surface area contributed by atoms with Crippen molar-refractivity contribution < 1.29 is 156 Å². The third kappa shape index (κ3) is 14.4. The average Bonchev–Trinajstić information content (AvgIpc) is 3.27. The number of ether oxygens (including phenoxy) is 9. The summed E-state index contributed by atoms with van der Waals surface area (Å²) in [5.41, 5.74) is 0. The van der Waals surface area contributed by atoms with Gasteiger partial charge in [-0.2, -0.15) is 0 Å². The van der Waals surface area contributed by atoms with Gasteiger partial charge in [0, 0.05) is 13.8 Å². The second kappa shape index (κ2) is 24.7. The highest BCUT2D eigenvalue weighted by Gasteiger charge is 2.58. The minimum Gasteiger partial charge on any atom is -0.394 e. The number of nitrogens with one attached hydrogen (secondary N) is 2. The van der Waals surface area contributed by atoms with Gasteiger partial charge in [-0.1, -0.05) is 0 Å². The molecule has 0 saturated carbocycles. The summed E-state index contributed by atoms with van der Waals surface area (Å²) >= 11 is 0. The van der Waals surface area contributed by atoms with E-state index < -0.39 is 214 Å². The molecule has 0 aromatic rings. The molecule has 5 saturated heterocycles. The van der Waals surface area contributed by atoms with E-state index in [1.807, 2.05) is 0 Å². The zero-order valence-electron chi connectivity index (χ0n) is 36.6. The highest BCUT2D eigenvalue weighted by atomic mass is 31.2. The molecule has 2 amide bonds. The third-order valence-electron chi connectivity index (χ3n) is 11.6. The van der Waals surface area contributed by atoms with Gasteiger partial charge in [0.1, 0.15) is 122 Å². The van der Waals surface area contributed by atoms with E-state index in [0.29, 0.717) is 0 Å². The molecule has 25 atom stereocenters. The van der Waals surface area contributed by atoms with Crippen molar-refractivity contribution in [3.8, 4) is 0 Å². The molecule has 0 aromatic heterocycles. The van der Waals surface area contributed by atoms with Crippen LogP contribution in [-0.2, 0) is 70.4 Å². The molecule has 5 heterocycles. The summed E-state index contributed by atoms with van der Waals surface area (Å²) < 4.78 is 83.7. The lowest BCUT2D eigenvalue weighted by molar-refractivity contribution is -0.380. The van der Waals surface area contributed by atoms with Gasteiger partial charge in [0.2, 0.25) is 11.8 Å². The topological polar surface area (TPSA) is 538 Å². The van der Waals surface area contributed by atoms with Crippen LogP contribution >= 0.6 is 15.6 Å². The van der Waals surface area contributed by atoms with E-state index in [-0.39, 0.29) is 0 Å². The van der Waals surface area contributed by atoms with Gasteiger partial charge in [0.05, 0.1) is 33.0 Å². The number of amides is 2. The smallest absolute Gasteiger partial charge is 0.394 e. The maximum atomic E-state index is 12.7. The molecule has 19 N–H and O–H groups in total. The van der Waals surface area contributed by atoms with Crippen LogP contribution in [0.25, 0.3) is 0 Å². The molecule has 5 aliphatic heterocycles. The summed E-state index contributed by atoms with van der Waals surface area (Å²) in [5, 5.41) is 143. The summed E-state index contributed by atoms with van der Waals surface area (Å²) in [5.74, 6) is -1.88. The number of rotatable bonds is 19. The Labute approximate surface area is 394 Å². The zero-order valence-corrected chi connectivity index (χ0v) is 38.4. The number of carbonyl (C=O) groups excluding carboxylic acids is 2. The van der Waals surface area contributed by atoms with Crippen LogP contribution < -0.4 is 10.6 Å². The molecule has 408 valence electrons. The summed E-state index contributed by atoms with van der Waals surface area (Å²) in [6.07, 6.45) is -46.8. The van der Waals surface area contributed by atoms with Crippen LogP contribution in [0.15, 0.2) is 0 Å². The summed E-state index contributed by atoms with van der Waals surface area (Å²) in [6, 6.07) is -3.82. The number of hydrogen-bond acceptors (Lipinski definition) is 28. The highest BCUT2D eigenvalue weighted by molar-refractivity contribution is 7.46. The number of phosphoric acid groups is 2. The molecule has 0 unspecified atom stereocenters. The van der Waals surface area contributed by atoms with Crippen molar-refractivity contribution in [1.29, 1.82) is 0 Å². The number of aliphatic hydroxyl groups excluding tert-OH is 13. The second-order valence-corrected chi connectivity index (χ2v) is 19.1. The quantitative estimate of drug-likeness (QED) is 0.0534. The predicted octanol–water partition coefficient (Wildman–Crippen LogP) is -11.4. The molecule has 0 aliphatic carbocycles. The van der Waals surface area contributed by atoms with Crippen LogP contribution in [0.5, 0.6) is 0 Å². The van der Waals surface area contributed by atoms with Gasteiger partial charge in [0.25, 0.3) is 0 Å². The fourth-order valence-electron chi connectivity index (χ4n) is 8.15. The van der Waals surface area contributed by atoms with E-state index in [9.17, 15) is 105 Å². The number of hydrogen-bond donors (Lipinski definition) is 19. The van der Waals surface area contributed by atoms with Gasteiger partial charge in [-0.25, -0.2) is 9.13 Å². The number of phosphoric ester groups is 2. The van der Waals surface area contributed by atoms with Crippen LogP contribution in [0.3, 0.4) is 0 Å². The lowest BCUT2D eigenvalue weighted by Gasteiger charge is -2.51. The van der Waals surface area contributed by atoms with Crippen molar-refractivity contribution in [2.24, 2.45) is 0 Å². The molecule has 70 heavy (non-hydrogen) atoms. The predicted molar refractivity (Wildman–Crippen MR) is 212 cm³/mol. The molecule has 5 aliphatic rings. The van der Waals surface area contributed by atoms with Crippen molar-refractivity contribution in [3.63, 3.8) is 0 Å². The Morgan fingerprint density at radius 2 is 0.843 bits per heavy atom. The van der Waals surface area contributed by atoms with Crippen molar-refractivity contribution in [3.05, 3.63) is 0 Å². The van der Waals surface area contributed by atoms with Crippen molar-refractivity contribution in [1.82, 2.24) is 10.6 Å². The van der Waals surface area contributed by atoms with E-state index >= 15 is 0 Å². The van der Waals surface area contributed by atoms with Gasteiger partial charge < -0.3 is 139 Å².